The lowest BCUT2D eigenvalue weighted by Crippen LogP contribution is -2.22. The molecule has 2 heteroatoms. The van der Waals surface area contributed by atoms with E-state index in [0.717, 1.165) is 17.7 Å². The maximum absolute atomic E-state index is 11.5. The van der Waals surface area contributed by atoms with Crippen molar-refractivity contribution in [3.63, 3.8) is 0 Å². The summed E-state index contributed by atoms with van der Waals surface area (Å²) in [6.45, 7) is 2.00. The van der Waals surface area contributed by atoms with Gasteiger partial charge in [-0.2, -0.15) is 0 Å². The quantitative estimate of drug-likeness (QED) is 0.677. The molecule has 2 rings (SSSR count). The Morgan fingerprint density at radius 3 is 2.86 bits per heavy atom. The van der Waals surface area contributed by atoms with Crippen molar-refractivity contribution in [2.45, 2.75) is 19.8 Å². The highest BCUT2D eigenvalue weighted by molar-refractivity contribution is 5.85. The Kier molecular flexibility index (Phi) is 2.28. The second-order valence-electron chi connectivity index (χ2n) is 3.88. The number of ether oxygens (including phenoxy) is 1. The highest BCUT2D eigenvalue weighted by Crippen LogP contribution is 2.26. The molecule has 0 aromatic heterocycles. The molecule has 74 valence electrons. The lowest BCUT2D eigenvalue weighted by molar-refractivity contribution is -0.122. The van der Waals surface area contributed by atoms with Crippen molar-refractivity contribution in [2.24, 2.45) is 5.92 Å². The van der Waals surface area contributed by atoms with Gasteiger partial charge in [-0.25, -0.2) is 0 Å². The Labute approximate surface area is 83.9 Å². The minimum atomic E-state index is 0.177. The molecular formula is C12H14O2. The number of hydrogen-bond donors (Lipinski definition) is 0. The van der Waals surface area contributed by atoms with Gasteiger partial charge in [0.05, 0.1) is 7.11 Å². The van der Waals surface area contributed by atoms with Gasteiger partial charge in [-0.1, -0.05) is 13.0 Å². The van der Waals surface area contributed by atoms with Crippen molar-refractivity contribution in [3.05, 3.63) is 29.3 Å². The SMILES string of the molecule is COc1ccc2c(c1)CC(=O)C(C)C2. The van der Waals surface area contributed by atoms with E-state index < -0.39 is 0 Å². The first-order valence-corrected chi connectivity index (χ1v) is 4.89. The van der Waals surface area contributed by atoms with Crippen LogP contribution in [-0.2, 0) is 17.6 Å². The summed E-state index contributed by atoms with van der Waals surface area (Å²) in [5, 5.41) is 0. The first-order valence-electron chi connectivity index (χ1n) is 4.89. The minimum absolute atomic E-state index is 0.177. The average Bonchev–Trinajstić information content (AvgIpc) is 2.19. The normalized spacial score (nSPS) is 20.4. The van der Waals surface area contributed by atoms with E-state index in [1.807, 2.05) is 19.1 Å². The minimum Gasteiger partial charge on any atom is -0.497 e. The Hall–Kier alpha value is -1.31. The summed E-state index contributed by atoms with van der Waals surface area (Å²) in [6.07, 6.45) is 1.44. The monoisotopic (exact) mass is 190 g/mol. The van der Waals surface area contributed by atoms with Crippen LogP contribution in [0.15, 0.2) is 18.2 Å². The Bertz CT molecular complexity index is 369. The second kappa shape index (κ2) is 3.45. The maximum atomic E-state index is 11.5. The van der Waals surface area contributed by atoms with E-state index in [-0.39, 0.29) is 5.92 Å². The molecule has 14 heavy (non-hydrogen) atoms. The van der Waals surface area contributed by atoms with Gasteiger partial charge >= 0.3 is 0 Å². The summed E-state index contributed by atoms with van der Waals surface area (Å²) in [7, 11) is 1.65. The maximum Gasteiger partial charge on any atom is 0.140 e. The highest BCUT2D eigenvalue weighted by atomic mass is 16.5. The molecule has 1 unspecified atom stereocenters. The van der Waals surface area contributed by atoms with Crippen molar-refractivity contribution in [2.75, 3.05) is 7.11 Å². The predicted molar refractivity (Wildman–Crippen MR) is 54.6 cm³/mol. The molecule has 1 aromatic rings. The number of carbonyl (C=O) groups is 1. The number of fused-ring (bicyclic) bond motifs is 1. The predicted octanol–water partition coefficient (Wildman–Crippen LogP) is 2.00. The van der Waals surface area contributed by atoms with E-state index in [4.69, 9.17) is 4.74 Å². The first kappa shape index (κ1) is 9.25. The van der Waals surface area contributed by atoms with Gasteiger partial charge in [0, 0.05) is 12.3 Å². The third-order valence-corrected chi connectivity index (χ3v) is 2.85. The number of rotatable bonds is 1. The van der Waals surface area contributed by atoms with Crippen LogP contribution in [0.3, 0.4) is 0 Å². The van der Waals surface area contributed by atoms with Gasteiger partial charge in [-0.15, -0.1) is 0 Å². The zero-order chi connectivity index (χ0) is 10.1. The van der Waals surface area contributed by atoms with Crippen LogP contribution in [0.2, 0.25) is 0 Å². The molecule has 0 radical (unpaired) electrons. The van der Waals surface area contributed by atoms with Crippen molar-refractivity contribution in [1.82, 2.24) is 0 Å². The molecule has 1 aromatic carbocycles. The summed E-state index contributed by atoms with van der Waals surface area (Å²) in [6, 6.07) is 6.00. The molecule has 1 aliphatic rings. The smallest absolute Gasteiger partial charge is 0.140 e. The van der Waals surface area contributed by atoms with Crippen LogP contribution >= 0.6 is 0 Å². The van der Waals surface area contributed by atoms with Gasteiger partial charge in [-0.05, 0) is 29.7 Å². The molecule has 0 heterocycles. The molecule has 2 nitrogen and oxygen atoms in total. The number of methoxy groups -OCH3 is 1. The van der Waals surface area contributed by atoms with Gasteiger partial charge in [0.25, 0.3) is 0 Å². The number of hydrogen-bond acceptors (Lipinski definition) is 2. The van der Waals surface area contributed by atoms with Crippen LogP contribution in [0.4, 0.5) is 0 Å². The van der Waals surface area contributed by atoms with Crippen molar-refractivity contribution in [1.29, 1.82) is 0 Å². The van der Waals surface area contributed by atoms with Crippen LogP contribution in [0.5, 0.6) is 5.75 Å². The highest BCUT2D eigenvalue weighted by Gasteiger charge is 2.22. The molecule has 1 atom stereocenters. The summed E-state index contributed by atoms with van der Waals surface area (Å²) in [5.41, 5.74) is 2.42. The molecule has 0 bridgehead atoms. The van der Waals surface area contributed by atoms with Crippen LogP contribution in [0.25, 0.3) is 0 Å². The number of Topliss-reactive ketones (excluding diaryl/α,β-unsaturated/α-hetero) is 1. The van der Waals surface area contributed by atoms with Gasteiger partial charge in [0.15, 0.2) is 0 Å². The van der Waals surface area contributed by atoms with E-state index in [1.54, 1.807) is 7.11 Å². The summed E-state index contributed by atoms with van der Waals surface area (Å²) in [4.78, 5) is 11.5. The van der Waals surface area contributed by atoms with Gasteiger partial charge in [-0.3, -0.25) is 4.79 Å². The Morgan fingerprint density at radius 1 is 1.36 bits per heavy atom. The van der Waals surface area contributed by atoms with Crippen LogP contribution in [-0.4, -0.2) is 12.9 Å². The Morgan fingerprint density at radius 2 is 2.14 bits per heavy atom. The van der Waals surface area contributed by atoms with Crippen molar-refractivity contribution < 1.29 is 9.53 Å². The lowest BCUT2D eigenvalue weighted by Gasteiger charge is -2.20. The largest absolute Gasteiger partial charge is 0.497 e. The molecule has 0 saturated heterocycles. The lowest BCUT2D eigenvalue weighted by atomic mass is 9.84. The average molecular weight is 190 g/mol. The first-order chi connectivity index (χ1) is 6.70. The van der Waals surface area contributed by atoms with Gasteiger partial charge in [0.1, 0.15) is 11.5 Å². The molecule has 0 aliphatic heterocycles. The Balaban J connectivity index is 2.37. The van der Waals surface area contributed by atoms with E-state index in [1.165, 1.54) is 5.56 Å². The van der Waals surface area contributed by atoms with Crippen molar-refractivity contribution in [3.8, 4) is 5.75 Å². The van der Waals surface area contributed by atoms with Crippen molar-refractivity contribution >= 4 is 5.78 Å². The number of ketones is 1. The number of carbonyl (C=O) groups excluding carboxylic acids is 1. The number of benzene rings is 1. The molecule has 0 fully saturated rings. The molecule has 0 saturated carbocycles. The summed E-state index contributed by atoms with van der Waals surface area (Å²) < 4.78 is 5.13. The standard InChI is InChI=1S/C12H14O2/c1-8-5-9-3-4-11(14-2)6-10(9)7-12(8)13/h3-4,6,8H,5,7H2,1-2H3. The summed E-state index contributed by atoms with van der Waals surface area (Å²) in [5.74, 6) is 1.35. The van der Waals surface area contributed by atoms with E-state index in [2.05, 4.69) is 6.07 Å². The fourth-order valence-corrected chi connectivity index (χ4v) is 1.90. The molecule has 0 N–H and O–H groups in total. The summed E-state index contributed by atoms with van der Waals surface area (Å²) >= 11 is 0. The van der Waals surface area contributed by atoms with E-state index in [9.17, 15) is 4.79 Å². The fourth-order valence-electron chi connectivity index (χ4n) is 1.90. The zero-order valence-corrected chi connectivity index (χ0v) is 8.54. The topological polar surface area (TPSA) is 26.3 Å². The van der Waals surface area contributed by atoms with Crippen LogP contribution < -0.4 is 4.74 Å². The second-order valence-corrected chi connectivity index (χ2v) is 3.88. The third-order valence-electron chi connectivity index (χ3n) is 2.85. The molecule has 0 spiro atoms. The molecule has 1 aliphatic carbocycles. The molecular weight excluding hydrogens is 176 g/mol. The third kappa shape index (κ3) is 1.52. The molecule has 0 amide bonds. The van der Waals surface area contributed by atoms with Gasteiger partial charge < -0.3 is 4.74 Å². The van der Waals surface area contributed by atoms with Crippen LogP contribution in [0, 0.1) is 5.92 Å². The van der Waals surface area contributed by atoms with E-state index in [0.29, 0.717) is 12.2 Å². The van der Waals surface area contributed by atoms with Gasteiger partial charge in [0.2, 0.25) is 0 Å². The fraction of sp³-hybridized carbons (Fsp3) is 0.417. The zero-order valence-electron chi connectivity index (χ0n) is 8.54. The van der Waals surface area contributed by atoms with Crippen LogP contribution in [0.1, 0.15) is 18.1 Å². The van der Waals surface area contributed by atoms with E-state index >= 15 is 0 Å².